The molecule has 2 N–H and O–H groups in total. The van der Waals surface area contributed by atoms with E-state index in [0.29, 0.717) is 11.6 Å². The highest BCUT2D eigenvalue weighted by molar-refractivity contribution is 5.92. The van der Waals surface area contributed by atoms with E-state index in [0.717, 1.165) is 25.7 Å². The van der Waals surface area contributed by atoms with E-state index in [-0.39, 0.29) is 24.0 Å². The lowest BCUT2D eigenvalue weighted by Gasteiger charge is -2.49. The average molecular weight is 334 g/mol. The van der Waals surface area contributed by atoms with Crippen LogP contribution in [0.1, 0.15) is 63.4 Å². The van der Waals surface area contributed by atoms with Crippen molar-refractivity contribution in [2.75, 3.05) is 6.56 Å². The molecule has 0 amide bonds. The van der Waals surface area contributed by atoms with Crippen LogP contribution < -0.4 is 0 Å². The Morgan fingerprint density at radius 3 is 3.17 bits per heavy atom. The van der Waals surface area contributed by atoms with Crippen LogP contribution in [0.15, 0.2) is 23.4 Å². The standard InChI is InChI=1S/C20H27NO3/c1-3-24-21-18-11-17(23)19-16-6-4-12-10-13(22)5-7-14(12)15(16)8-9-20(18,19)2/h5,7,10,15-17,19,22-23H,3-4,6,8-9,11H2,1-2H3/b21-18-/t15-,16-,17+,19-,20-/m1/s1/i1D3,3D2. The van der Waals surface area contributed by atoms with E-state index in [2.05, 4.69) is 5.16 Å². The van der Waals surface area contributed by atoms with Gasteiger partial charge in [-0.05, 0) is 73.5 Å². The van der Waals surface area contributed by atoms with Crippen molar-refractivity contribution in [3.63, 3.8) is 0 Å². The van der Waals surface area contributed by atoms with Crippen LogP contribution in [0.3, 0.4) is 0 Å². The zero-order valence-corrected chi connectivity index (χ0v) is 13.8. The van der Waals surface area contributed by atoms with Gasteiger partial charge in [0.2, 0.25) is 0 Å². The van der Waals surface area contributed by atoms with E-state index in [4.69, 9.17) is 11.7 Å². The number of aryl methyl sites for hydroxylation is 1. The quantitative estimate of drug-likeness (QED) is 0.812. The molecule has 0 unspecified atom stereocenters. The highest BCUT2D eigenvalue weighted by Gasteiger charge is 2.57. The summed E-state index contributed by atoms with van der Waals surface area (Å²) in [6.07, 6.45) is 3.05. The number of oxime groups is 1. The minimum absolute atomic E-state index is 0.0378. The van der Waals surface area contributed by atoms with Crippen molar-refractivity contribution in [3.8, 4) is 5.75 Å². The lowest BCUT2D eigenvalue weighted by atomic mass is 9.55. The Morgan fingerprint density at radius 1 is 1.46 bits per heavy atom. The van der Waals surface area contributed by atoms with E-state index >= 15 is 0 Å². The van der Waals surface area contributed by atoms with E-state index in [1.165, 1.54) is 11.1 Å². The molecule has 0 spiro atoms. The van der Waals surface area contributed by atoms with Gasteiger partial charge in [-0.2, -0.15) is 0 Å². The van der Waals surface area contributed by atoms with Gasteiger partial charge in [-0.15, -0.1) is 0 Å². The summed E-state index contributed by atoms with van der Waals surface area (Å²) in [7, 11) is 0. The maximum Gasteiger partial charge on any atom is 0.115 e. The fourth-order valence-corrected chi connectivity index (χ4v) is 5.64. The van der Waals surface area contributed by atoms with Crippen molar-refractivity contribution in [2.24, 2.45) is 22.4 Å². The van der Waals surface area contributed by atoms with Gasteiger partial charge in [0.15, 0.2) is 0 Å². The third-order valence-electron chi connectivity index (χ3n) is 6.64. The number of hydrogen-bond acceptors (Lipinski definition) is 4. The van der Waals surface area contributed by atoms with Crippen molar-refractivity contribution in [3.05, 3.63) is 29.3 Å². The summed E-state index contributed by atoms with van der Waals surface area (Å²) in [5.74, 6) is 0.803. The third kappa shape index (κ3) is 2.26. The van der Waals surface area contributed by atoms with E-state index in [1.54, 1.807) is 6.07 Å². The first-order chi connectivity index (χ1) is 13.4. The Kier molecular flexibility index (Phi) is 2.68. The second-order valence-electron chi connectivity index (χ2n) is 7.68. The number of rotatable bonds is 2. The topological polar surface area (TPSA) is 62.0 Å². The van der Waals surface area contributed by atoms with Gasteiger partial charge >= 0.3 is 0 Å². The predicted molar refractivity (Wildman–Crippen MR) is 93.2 cm³/mol. The molecule has 0 saturated heterocycles. The summed E-state index contributed by atoms with van der Waals surface area (Å²) in [6, 6.07) is 5.55. The Labute approximate surface area is 150 Å². The van der Waals surface area contributed by atoms with Crippen LogP contribution in [0.4, 0.5) is 0 Å². The first-order valence-electron chi connectivity index (χ1n) is 11.2. The zero-order valence-electron chi connectivity index (χ0n) is 18.8. The molecule has 1 aromatic rings. The molecule has 0 aliphatic heterocycles. The fourth-order valence-electron chi connectivity index (χ4n) is 5.64. The van der Waals surface area contributed by atoms with E-state index in [1.807, 2.05) is 19.1 Å². The largest absolute Gasteiger partial charge is 0.508 e. The molecule has 0 aromatic heterocycles. The van der Waals surface area contributed by atoms with Gasteiger partial charge in [-0.1, -0.05) is 18.1 Å². The number of fused-ring (bicyclic) bond motifs is 5. The zero-order chi connectivity index (χ0) is 21.2. The monoisotopic (exact) mass is 334 g/mol. The van der Waals surface area contributed by atoms with Gasteiger partial charge in [0.1, 0.15) is 12.3 Å². The van der Waals surface area contributed by atoms with Crippen molar-refractivity contribution >= 4 is 5.71 Å². The number of phenols is 1. The fraction of sp³-hybridized carbons (Fsp3) is 0.650. The number of aromatic hydroxyl groups is 1. The van der Waals surface area contributed by atoms with Gasteiger partial charge < -0.3 is 15.1 Å². The van der Waals surface area contributed by atoms with Gasteiger partial charge in [0.05, 0.1) is 14.6 Å². The van der Waals surface area contributed by atoms with E-state index < -0.39 is 24.9 Å². The minimum atomic E-state index is -2.94. The van der Waals surface area contributed by atoms with Crippen LogP contribution in [-0.4, -0.2) is 28.6 Å². The number of phenolic OH excluding ortho intramolecular Hbond substituents is 1. The van der Waals surface area contributed by atoms with Crippen molar-refractivity contribution in [1.82, 2.24) is 0 Å². The maximum absolute atomic E-state index is 10.9. The molecule has 0 radical (unpaired) electrons. The molecule has 3 aliphatic carbocycles. The van der Waals surface area contributed by atoms with Crippen LogP contribution in [0, 0.1) is 17.3 Å². The normalized spacial score (nSPS) is 43.4. The number of nitrogens with zero attached hydrogens (tertiary/aromatic N) is 1. The Morgan fingerprint density at radius 2 is 2.33 bits per heavy atom. The molecule has 4 nitrogen and oxygen atoms in total. The molecule has 5 atom stereocenters. The molecule has 3 aliphatic rings. The van der Waals surface area contributed by atoms with Crippen molar-refractivity contribution in [1.29, 1.82) is 0 Å². The lowest BCUT2D eigenvalue weighted by Crippen LogP contribution is -2.45. The first kappa shape index (κ1) is 11.1. The van der Waals surface area contributed by atoms with Crippen LogP contribution in [0.5, 0.6) is 5.75 Å². The Bertz CT molecular complexity index is 840. The molecule has 0 bridgehead atoms. The summed E-state index contributed by atoms with van der Waals surface area (Å²) in [5.41, 5.74) is 2.53. The minimum Gasteiger partial charge on any atom is -0.508 e. The number of aliphatic hydroxyl groups is 1. The summed E-state index contributed by atoms with van der Waals surface area (Å²) in [4.78, 5) is 4.87. The number of benzene rings is 1. The molecule has 2 fully saturated rings. The van der Waals surface area contributed by atoms with Gasteiger partial charge in [0.25, 0.3) is 0 Å². The maximum atomic E-state index is 10.9. The predicted octanol–water partition coefficient (Wildman–Crippen LogP) is 3.61. The van der Waals surface area contributed by atoms with Crippen LogP contribution in [0.2, 0.25) is 0 Å². The summed E-state index contributed by atoms with van der Waals surface area (Å²) >= 11 is 0. The summed E-state index contributed by atoms with van der Waals surface area (Å²) in [6.45, 7) is -3.78. The van der Waals surface area contributed by atoms with Crippen LogP contribution in [0.25, 0.3) is 0 Å². The molecule has 2 saturated carbocycles. The van der Waals surface area contributed by atoms with E-state index in [9.17, 15) is 10.2 Å². The third-order valence-corrected chi connectivity index (χ3v) is 6.64. The van der Waals surface area contributed by atoms with Crippen molar-refractivity contribution < 1.29 is 21.9 Å². The van der Waals surface area contributed by atoms with Gasteiger partial charge in [-0.3, -0.25) is 0 Å². The van der Waals surface area contributed by atoms with Crippen molar-refractivity contribution in [2.45, 2.75) is 57.9 Å². The average Bonchev–Trinajstić information content (AvgIpc) is 2.89. The summed E-state index contributed by atoms with van der Waals surface area (Å²) < 4.78 is 37.1. The smallest absolute Gasteiger partial charge is 0.115 e. The second-order valence-corrected chi connectivity index (χ2v) is 7.68. The number of hydrogen-bond donors (Lipinski definition) is 2. The molecule has 1 aromatic carbocycles. The molecular formula is C20H27NO3. The highest BCUT2D eigenvalue weighted by atomic mass is 16.6. The molecule has 4 rings (SSSR count). The van der Waals surface area contributed by atoms with Crippen LogP contribution >= 0.6 is 0 Å². The highest BCUT2D eigenvalue weighted by Crippen LogP contribution is 2.60. The van der Waals surface area contributed by atoms with Crippen LogP contribution in [-0.2, 0) is 11.3 Å². The molecule has 0 heterocycles. The van der Waals surface area contributed by atoms with Gasteiger partial charge in [0, 0.05) is 15.9 Å². The SMILES string of the molecule is [2H]C([2H])([2H])C([2H])([2H])O/N=C1/C[C@H](O)[C@H]2[C@@H]3CCc4cc(O)ccc4[C@H]3CC[C@]12C. The Balaban J connectivity index is 1.62. The first-order valence-corrected chi connectivity index (χ1v) is 8.69. The lowest BCUT2D eigenvalue weighted by molar-refractivity contribution is 0.00200. The Hall–Kier alpha value is -1.55. The number of aliphatic hydroxyl groups excluding tert-OH is 1. The van der Waals surface area contributed by atoms with Gasteiger partial charge in [-0.25, -0.2) is 0 Å². The molecular weight excluding hydrogens is 302 g/mol. The molecule has 130 valence electrons. The summed E-state index contributed by atoms with van der Waals surface area (Å²) in [5, 5.41) is 24.6. The molecule has 24 heavy (non-hydrogen) atoms. The molecule has 4 heteroatoms. The second kappa shape index (κ2) is 5.76.